The second kappa shape index (κ2) is 10.2. The summed E-state index contributed by atoms with van der Waals surface area (Å²) < 4.78 is 10.2. The molecule has 0 spiro atoms. The van der Waals surface area contributed by atoms with Gasteiger partial charge in [0.05, 0.1) is 13.2 Å². The van der Waals surface area contributed by atoms with Gasteiger partial charge in [0, 0.05) is 32.7 Å². The lowest BCUT2D eigenvalue weighted by Crippen LogP contribution is -2.34. The molecule has 5 heteroatoms. The number of carbonyl (C=O) groups excluding carboxylic acids is 1. The van der Waals surface area contributed by atoms with Crippen molar-refractivity contribution in [3.05, 3.63) is 0 Å². The Morgan fingerprint density at radius 3 is 2.53 bits per heavy atom. The quantitative estimate of drug-likeness (QED) is 0.589. The SMILES string of the molecule is COCCOCCCNC(=O)CC(N)CC(C)(C)C. The summed E-state index contributed by atoms with van der Waals surface area (Å²) >= 11 is 0. The highest BCUT2D eigenvalue weighted by atomic mass is 16.5. The molecule has 0 bridgehead atoms. The van der Waals surface area contributed by atoms with E-state index in [0.717, 1.165) is 12.8 Å². The lowest BCUT2D eigenvalue weighted by atomic mass is 9.87. The number of nitrogens with two attached hydrogens (primary N) is 1. The van der Waals surface area contributed by atoms with Crippen LogP contribution < -0.4 is 11.1 Å². The van der Waals surface area contributed by atoms with Crippen LogP contribution in [0.1, 0.15) is 40.0 Å². The Morgan fingerprint density at radius 1 is 1.26 bits per heavy atom. The number of hydrogen-bond donors (Lipinski definition) is 2. The zero-order valence-electron chi connectivity index (χ0n) is 12.8. The summed E-state index contributed by atoms with van der Waals surface area (Å²) in [6, 6.07) is -0.0713. The minimum atomic E-state index is -0.0713. The monoisotopic (exact) mass is 274 g/mol. The molecular weight excluding hydrogens is 244 g/mol. The van der Waals surface area contributed by atoms with Crippen LogP contribution in [0.15, 0.2) is 0 Å². The van der Waals surface area contributed by atoms with Gasteiger partial charge >= 0.3 is 0 Å². The van der Waals surface area contributed by atoms with Crippen molar-refractivity contribution in [2.45, 2.75) is 46.1 Å². The molecule has 0 aliphatic heterocycles. The third-order valence-electron chi connectivity index (χ3n) is 2.54. The van der Waals surface area contributed by atoms with Crippen LogP contribution in [0.5, 0.6) is 0 Å². The second-order valence-corrected chi connectivity index (χ2v) is 6.04. The molecule has 0 rings (SSSR count). The van der Waals surface area contributed by atoms with E-state index >= 15 is 0 Å². The summed E-state index contributed by atoms with van der Waals surface area (Å²) in [5, 5.41) is 2.86. The van der Waals surface area contributed by atoms with E-state index in [4.69, 9.17) is 15.2 Å². The number of rotatable bonds is 10. The average Bonchev–Trinajstić information content (AvgIpc) is 2.25. The Kier molecular flexibility index (Phi) is 9.83. The van der Waals surface area contributed by atoms with Crippen molar-refractivity contribution in [3.8, 4) is 0 Å². The van der Waals surface area contributed by atoms with Crippen molar-refractivity contribution in [2.24, 2.45) is 11.1 Å². The first-order valence-electron chi connectivity index (χ1n) is 6.94. The molecule has 0 heterocycles. The molecule has 114 valence electrons. The summed E-state index contributed by atoms with van der Waals surface area (Å²) in [5.41, 5.74) is 6.11. The maximum Gasteiger partial charge on any atom is 0.221 e. The summed E-state index contributed by atoms with van der Waals surface area (Å²) in [5.74, 6) is 0.0219. The fourth-order valence-corrected chi connectivity index (χ4v) is 1.82. The highest BCUT2D eigenvalue weighted by Gasteiger charge is 2.17. The third kappa shape index (κ3) is 13.6. The van der Waals surface area contributed by atoms with Gasteiger partial charge in [0.25, 0.3) is 0 Å². The predicted molar refractivity (Wildman–Crippen MR) is 77.0 cm³/mol. The van der Waals surface area contributed by atoms with E-state index in [1.807, 2.05) is 0 Å². The molecule has 0 aromatic carbocycles. The molecule has 0 aliphatic rings. The topological polar surface area (TPSA) is 73.6 Å². The van der Waals surface area contributed by atoms with Gasteiger partial charge in [-0.1, -0.05) is 20.8 Å². The normalized spacial score (nSPS) is 13.3. The molecule has 0 aliphatic carbocycles. The van der Waals surface area contributed by atoms with Crippen molar-refractivity contribution in [1.82, 2.24) is 5.32 Å². The minimum absolute atomic E-state index is 0.0219. The van der Waals surface area contributed by atoms with Gasteiger partial charge in [-0.05, 0) is 18.3 Å². The van der Waals surface area contributed by atoms with E-state index in [1.54, 1.807) is 7.11 Å². The second-order valence-electron chi connectivity index (χ2n) is 6.04. The number of ether oxygens (including phenoxy) is 2. The smallest absolute Gasteiger partial charge is 0.221 e. The molecular formula is C14H30N2O3. The van der Waals surface area contributed by atoms with Crippen LogP contribution >= 0.6 is 0 Å². The molecule has 5 nitrogen and oxygen atoms in total. The molecule has 0 aromatic rings. The lowest BCUT2D eigenvalue weighted by Gasteiger charge is -2.22. The standard InChI is InChI=1S/C14H30N2O3/c1-14(2,3)11-12(15)10-13(17)16-6-5-7-19-9-8-18-4/h12H,5-11,15H2,1-4H3,(H,16,17). The molecule has 1 unspecified atom stereocenters. The predicted octanol–water partition coefficient (Wildman–Crippen LogP) is 1.31. The fraction of sp³-hybridized carbons (Fsp3) is 0.929. The molecule has 1 atom stereocenters. The van der Waals surface area contributed by atoms with Crippen molar-refractivity contribution in [3.63, 3.8) is 0 Å². The Labute approximate surface area is 117 Å². The van der Waals surface area contributed by atoms with Gasteiger partial charge in [-0.25, -0.2) is 0 Å². The molecule has 0 fully saturated rings. The lowest BCUT2D eigenvalue weighted by molar-refractivity contribution is -0.121. The van der Waals surface area contributed by atoms with Crippen LogP contribution in [0.25, 0.3) is 0 Å². The van der Waals surface area contributed by atoms with Crippen molar-refractivity contribution < 1.29 is 14.3 Å². The Balaban J connectivity index is 3.49. The number of carbonyl (C=O) groups is 1. The van der Waals surface area contributed by atoms with Crippen LogP contribution in [0.2, 0.25) is 0 Å². The highest BCUT2D eigenvalue weighted by molar-refractivity contribution is 5.76. The number of nitrogens with one attached hydrogen (secondary N) is 1. The zero-order chi connectivity index (χ0) is 14.7. The summed E-state index contributed by atoms with van der Waals surface area (Å²) in [7, 11) is 1.64. The molecule has 1 amide bonds. The van der Waals surface area contributed by atoms with E-state index in [0.29, 0.717) is 32.8 Å². The van der Waals surface area contributed by atoms with Gasteiger partial charge in [0.1, 0.15) is 0 Å². The number of hydrogen-bond acceptors (Lipinski definition) is 4. The Hall–Kier alpha value is -0.650. The van der Waals surface area contributed by atoms with Gasteiger partial charge in [0.15, 0.2) is 0 Å². The number of methoxy groups -OCH3 is 1. The molecule has 0 saturated heterocycles. The third-order valence-corrected chi connectivity index (χ3v) is 2.54. The van der Waals surface area contributed by atoms with Gasteiger partial charge in [-0.3, -0.25) is 4.79 Å². The maximum atomic E-state index is 11.6. The van der Waals surface area contributed by atoms with Crippen LogP contribution in [0, 0.1) is 5.41 Å². The van der Waals surface area contributed by atoms with Gasteiger partial charge in [-0.2, -0.15) is 0 Å². The first kappa shape index (κ1) is 18.4. The van der Waals surface area contributed by atoms with Crippen molar-refractivity contribution >= 4 is 5.91 Å². The molecule has 19 heavy (non-hydrogen) atoms. The van der Waals surface area contributed by atoms with E-state index < -0.39 is 0 Å². The molecule has 0 aromatic heterocycles. The average molecular weight is 274 g/mol. The van der Waals surface area contributed by atoms with E-state index in [2.05, 4.69) is 26.1 Å². The highest BCUT2D eigenvalue weighted by Crippen LogP contribution is 2.20. The largest absolute Gasteiger partial charge is 0.382 e. The van der Waals surface area contributed by atoms with Crippen LogP contribution in [-0.4, -0.2) is 45.4 Å². The van der Waals surface area contributed by atoms with Crippen LogP contribution in [0.3, 0.4) is 0 Å². The number of amides is 1. The Bertz CT molecular complexity index is 239. The first-order valence-corrected chi connectivity index (χ1v) is 6.94. The van der Waals surface area contributed by atoms with Gasteiger partial charge < -0.3 is 20.5 Å². The van der Waals surface area contributed by atoms with Crippen molar-refractivity contribution in [2.75, 3.05) is 33.5 Å². The maximum absolute atomic E-state index is 11.6. The molecule has 3 N–H and O–H groups in total. The van der Waals surface area contributed by atoms with E-state index in [9.17, 15) is 4.79 Å². The summed E-state index contributed by atoms with van der Waals surface area (Å²) in [4.78, 5) is 11.6. The summed E-state index contributed by atoms with van der Waals surface area (Å²) in [6.07, 6.45) is 2.05. The fourth-order valence-electron chi connectivity index (χ4n) is 1.82. The molecule has 0 saturated carbocycles. The van der Waals surface area contributed by atoms with E-state index in [-0.39, 0.29) is 17.4 Å². The van der Waals surface area contributed by atoms with Crippen molar-refractivity contribution in [1.29, 1.82) is 0 Å². The van der Waals surface area contributed by atoms with E-state index in [1.165, 1.54) is 0 Å². The van der Waals surface area contributed by atoms with Crippen LogP contribution in [0.4, 0.5) is 0 Å². The minimum Gasteiger partial charge on any atom is -0.382 e. The van der Waals surface area contributed by atoms with Crippen LogP contribution in [-0.2, 0) is 14.3 Å². The zero-order valence-corrected chi connectivity index (χ0v) is 12.8. The molecule has 0 radical (unpaired) electrons. The van der Waals surface area contributed by atoms with Gasteiger partial charge in [0.2, 0.25) is 5.91 Å². The Morgan fingerprint density at radius 2 is 1.95 bits per heavy atom. The first-order chi connectivity index (χ1) is 8.85. The summed E-state index contributed by atoms with van der Waals surface area (Å²) in [6.45, 7) is 8.85. The van der Waals surface area contributed by atoms with Gasteiger partial charge in [-0.15, -0.1) is 0 Å².